The summed E-state index contributed by atoms with van der Waals surface area (Å²) in [5, 5.41) is 0.128. The number of aryl methyl sites for hydroxylation is 1. The molecule has 1 rings (SSSR count). The summed E-state index contributed by atoms with van der Waals surface area (Å²) in [5.74, 6) is 0.132. The van der Waals surface area contributed by atoms with Crippen LogP contribution < -0.4 is 10.3 Å². The first-order valence-corrected chi connectivity index (χ1v) is 7.37. The Morgan fingerprint density at radius 1 is 1.21 bits per heavy atom. The summed E-state index contributed by atoms with van der Waals surface area (Å²) >= 11 is 5.78. The molecule has 0 amide bonds. The van der Waals surface area contributed by atoms with Crippen LogP contribution in [0.2, 0.25) is 5.15 Å². The van der Waals surface area contributed by atoms with E-state index in [4.69, 9.17) is 16.3 Å². The maximum Gasteiger partial charge on any atom is 0.297 e. The molecule has 0 saturated carbocycles. The van der Waals surface area contributed by atoms with E-state index in [1.54, 1.807) is 4.57 Å². The average Bonchev–Trinajstić information content (AvgIpc) is 2.40. The van der Waals surface area contributed by atoms with Crippen LogP contribution >= 0.6 is 11.6 Å². The lowest BCUT2D eigenvalue weighted by atomic mass is 10.1. The maximum absolute atomic E-state index is 11.9. The number of nitrogens with zero attached hydrogens (tertiary/aromatic N) is 2. The third kappa shape index (κ3) is 5.23. The lowest BCUT2D eigenvalue weighted by Crippen LogP contribution is -2.22. The second-order valence-electron chi connectivity index (χ2n) is 4.69. The van der Waals surface area contributed by atoms with Crippen LogP contribution in [0.25, 0.3) is 0 Å². The maximum atomic E-state index is 11.9. The van der Waals surface area contributed by atoms with Gasteiger partial charge in [0.2, 0.25) is 5.75 Å². The molecule has 0 aliphatic rings. The first-order valence-electron chi connectivity index (χ1n) is 6.99. The minimum atomic E-state index is -0.200. The van der Waals surface area contributed by atoms with Gasteiger partial charge in [-0.2, -0.15) is 0 Å². The zero-order chi connectivity index (χ0) is 14.1. The Morgan fingerprint density at radius 2 is 1.84 bits per heavy atom. The van der Waals surface area contributed by atoms with Gasteiger partial charge >= 0.3 is 0 Å². The molecule has 108 valence electrons. The number of unbranched alkanes of at least 4 members (excludes halogenated alkanes) is 6. The monoisotopic (exact) mass is 286 g/mol. The number of rotatable bonds is 9. The lowest BCUT2D eigenvalue weighted by Gasteiger charge is -2.08. The number of halogens is 1. The SMILES string of the molecule is CCCCCCCCCn1cnc(Cl)c(OC)c1=O. The van der Waals surface area contributed by atoms with Crippen LogP contribution in [0.1, 0.15) is 51.9 Å². The molecule has 0 radical (unpaired) electrons. The average molecular weight is 287 g/mol. The van der Waals surface area contributed by atoms with Crippen molar-refractivity contribution < 1.29 is 4.74 Å². The van der Waals surface area contributed by atoms with E-state index in [0.29, 0.717) is 6.54 Å². The number of ether oxygens (including phenoxy) is 1. The summed E-state index contributed by atoms with van der Waals surface area (Å²) in [6, 6.07) is 0. The third-order valence-electron chi connectivity index (χ3n) is 3.16. The van der Waals surface area contributed by atoms with Gasteiger partial charge in [-0.1, -0.05) is 57.0 Å². The molecule has 0 bridgehead atoms. The Balaban J connectivity index is 2.36. The molecule has 4 nitrogen and oxygen atoms in total. The van der Waals surface area contributed by atoms with Crippen molar-refractivity contribution >= 4 is 11.6 Å². The van der Waals surface area contributed by atoms with Crippen molar-refractivity contribution in [2.24, 2.45) is 0 Å². The fourth-order valence-corrected chi connectivity index (χ4v) is 2.22. The number of methoxy groups -OCH3 is 1. The van der Waals surface area contributed by atoms with Crippen LogP contribution in [0.15, 0.2) is 11.1 Å². The highest BCUT2D eigenvalue weighted by Gasteiger charge is 2.09. The zero-order valence-electron chi connectivity index (χ0n) is 11.8. The highest BCUT2D eigenvalue weighted by atomic mass is 35.5. The molecule has 0 aromatic carbocycles. The van der Waals surface area contributed by atoms with Gasteiger partial charge in [0.1, 0.15) is 0 Å². The molecule has 1 heterocycles. The van der Waals surface area contributed by atoms with Gasteiger partial charge < -0.3 is 4.74 Å². The van der Waals surface area contributed by atoms with E-state index in [-0.39, 0.29) is 16.5 Å². The zero-order valence-corrected chi connectivity index (χ0v) is 12.6. The fourth-order valence-electron chi connectivity index (χ4n) is 2.02. The summed E-state index contributed by atoms with van der Waals surface area (Å²) in [6.07, 6.45) is 10.0. The van der Waals surface area contributed by atoms with E-state index in [9.17, 15) is 4.79 Å². The second-order valence-corrected chi connectivity index (χ2v) is 5.05. The van der Waals surface area contributed by atoms with Crippen molar-refractivity contribution in [2.75, 3.05) is 7.11 Å². The molecule has 0 aliphatic heterocycles. The number of aromatic nitrogens is 2. The van der Waals surface area contributed by atoms with Crippen LogP contribution in [-0.2, 0) is 6.54 Å². The van der Waals surface area contributed by atoms with Crippen molar-refractivity contribution in [3.05, 3.63) is 21.8 Å². The molecule has 0 atom stereocenters. The topological polar surface area (TPSA) is 44.1 Å². The van der Waals surface area contributed by atoms with E-state index < -0.39 is 0 Å². The third-order valence-corrected chi connectivity index (χ3v) is 3.43. The molecule has 0 saturated heterocycles. The van der Waals surface area contributed by atoms with Crippen molar-refractivity contribution in [3.8, 4) is 5.75 Å². The van der Waals surface area contributed by atoms with Crippen LogP contribution in [0.4, 0.5) is 0 Å². The van der Waals surface area contributed by atoms with Crippen LogP contribution in [0.3, 0.4) is 0 Å². The summed E-state index contributed by atoms with van der Waals surface area (Å²) in [7, 11) is 1.43. The van der Waals surface area contributed by atoms with Crippen molar-refractivity contribution in [1.82, 2.24) is 9.55 Å². The van der Waals surface area contributed by atoms with Gasteiger partial charge in [-0.3, -0.25) is 9.36 Å². The summed E-state index contributed by atoms with van der Waals surface area (Å²) in [4.78, 5) is 15.9. The van der Waals surface area contributed by atoms with Crippen molar-refractivity contribution in [3.63, 3.8) is 0 Å². The predicted molar refractivity (Wildman–Crippen MR) is 78.1 cm³/mol. The summed E-state index contributed by atoms with van der Waals surface area (Å²) in [6.45, 7) is 2.89. The Hall–Kier alpha value is -1.03. The molecule has 0 unspecified atom stereocenters. The molecule has 5 heteroatoms. The Bertz CT molecular complexity index is 432. The predicted octanol–water partition coefficient (Wildman–Crippen LogP) is 3.66. The smallest absolute Gasteiger partial charge is 0.297 e. The van der Waals surface area contributed by atoms with Gasteiger partial charge in [0.05, 0.1) is 13.4 Å². The Kier molecular flexibility index (Phi) is 7.56. The van der Waals surface area contributed by atoms with E-state index in [1.165, 1.54) is 45.5 Å². The molecule has 0 spiro atoms. The lowest BCUT2D eigenvalue weighted by molar-refractivity contribution is 0.397. The van der Waals surface area contributed by atoms with Gasteiger partial charge in [0, 0.05) is 6.54 Å². The van der Waals surface area contributed by atoms with E-state index in [2.05, 4.69) is 11.9 Å². The largest absolute Gasteiger partial charge is 0.489 e. The Labute approximate surface area is 119 Å². The van der Waals surface area contributed by atoms with Gasteiger partial charge in [-0.15, -0.1) is 0 Å². The van der Waals surface area contributed by atoms with E-state index >= 15 is 0 Å². The van der Waals surface area contributed by atoms with Gasteiger partial charge in [-0.05, 0) is 6.42 Å². The minimum absolute atomic E-state index is 0.128. The minimum Gasteiger partial charge on any atom is -0.489 e. The first kappa shape index (κ1) is 16.0. The normalized spacial score (nSPS) is 10.7. The number of hydrogen-bond acceptors (Lipinski definition) is 3. The Morgan fingerprint density at radius 3 is 2.47 bits per heavy atom. The molecular formula is C14H23ClN2O2. The molecule has 1 aromatic rings. The fraction of sp³-hybridized carbons (Fsp3) is 0.714. The van der Waals surface area contributed by atoms with Crippen LogP contribution in [0, 0.1) is 0 Å². The van der Waals surface area contributed by atoms with Crippen LogP contribution in [0.5, 0.6) is 5.75 Å². The standard InChI is InChI=1S/C14H23ClN2O2/c1-3-4-5-6-7-8-9-10-17-11-16-13(15)12(19-2)14(17)18/h11H,3-10H2,1-2H3. The van der Waals surface area contributed by atoms with Gasteiger partial charge in [0.15, 0.2) is 5.15 Å². The van der Waals surface area contributed by atoms with Gasteiger partial charge in [0.25, 0.3) is 5.56 Å². The van der Waals surface area contributed by atoms with Crippen molar-refractivity contribution in [1.29, 1.82) is 0 Å². The molecule has 0 aliphatic carbocycles. The highest BCUT2D eigenvalue weighted by Crippen LogP contribution is 2.15. The molecule has 19 heavy (non-hydrogen) atoms. The first-order chi connectivity index (χ1) is 9.20. The van der Waals surface area contributed by atoms with Crippen LogP contribution in [-0.4, -0.2) is 16.7 Å². The number of hydrogen-bond donors (Lipinski definition) is 0. The van der Waals surface area contributed by atoms with Crippen molar-refractivity contribution in [2.45, 2.75) is 58.4 Å². The quantitative estimate of drug-likeness (QED) is 0.514. The molecule has 0 fully saturated rings. The molecule has 0 N–H and O–H groups in total. The molecular weight excluding hydrogens is 264 g/mol. The summed E-state index contributed by atoms with van der Waals surface area (Å²) < 4.78 is 6.53. The van der Waals surface area contributed by atoms with E-state index in [0.717, 1.165) is 12.8 Å². The second kappa shape index (κ2) is 8.97. The van der Waals surface area contributed by atoms with Gasteiger partial charge in [-0.25, -0.2) is 4.98 Å². The summed E-state index contributed by atoms with van der Waals surface area (Å²) in [5.41, 5.74) is -0.200. The highest BCUT2D eigenvalue weighted by molar-refractivity contribution is 6.30. The van der Waals surface area contributed by atoms with E-state index in [1.807, 2.05) is 0 Å². The molecule has 1 aromatic heterocycles.